The van der Waals surface area contributed by atoms with Crippen molar-refractivity contribution in [2.75, 3.05) is 18.1 Å². The van der Waals surface area contributed by atoms with Crippen molar-refractivity contribution in [2.24, 2.45) is 0 Å². The Morgan fingerprint density at radius 1 is 1.38 bits per heavy atom. The first-order valence-electron chi connectivity index (χ1n) is 8.63. The van der Waals surface area contributed by atoms with Crippen LogP contribution in [0.4, 0.5) is 0 Å². The molecule has 8 heteroatoms. The molecule has 1 aliphatic heterocycles. The highest BCUT2D eigenvalue weighted by atomic mass is 32.2. The van der Waals surface area contributed by atoms with Gasteiger partial charge >= 0.3 is 5.97 Å². The van der Waals surface area contributed by atoms with Crippen LogP contribution in [0.25, 0.3) is 0 Å². The lowest BCUT2D eigenvalue weighted by Crippen LogP contribution is -2.48. The van der Waals surface area contributed by atoms with Crippen LogP contribution in [0.15, 0.2) is 18.2 Å². The number of para-hydroxylation sites is 1. The topological polar surface area (TPSA) is 101 Å². The Morgan fingerprint density at radius 2 is 2.08 bits per heavy atom. The van der Waals surface area contributed by atoms with Crippen LogP contribution in [0.3, 0.4) is 0 Å². The highest BCUT2D eigenvalue weighted by Crippen LogP contribution is 2.23. The van der Waals surface area contributed by atoms with Gasteiger partial charge in [-0.05, 0) is 38.3 Å². The molecule has 1 saturated heterocycles. The first-order chi connectivity index (χ1) is 12.2. The molecule has 2 rings (SSSR count). The number of sulfone groups is 1. The largest absolute Gasteiger partial charge is 0.507 e. The Morgan fingerprint density at radius 3 is 2.65 bits per heavy atom. The second kappa shape index (κ2) is 8.07. The van der Waals surface area contributed by atoms with Crippen molar-refractivity contribution in [3.8, 4) is 5.75 Å². The number of esters is 1. The number of amides is 1. The summed E-state index contributed by atoms with van der Waals surface area (Å²) >= 11 is 0. The predicted octanol–water partition coefficient (Wildman–Crippen LogP) is 1.67. The predicted molar refractivity (Wildman–Crippen MR) is 96.8 cm³/mol. The third kappa shape index (κ3) is 4.55. The number of aryl methyl sites for hydroxylation is 1. The quantitative estimate of drug-likeness (QED) is 0.750. The van der Waals surface area contributed by atoms with E-state index in [1.807, 2.05) is 13.8 Å². The van der Waals surface area contributed by atoms with Crippen LogP contribution in [0.1, 0.15) is 42.6 Å². The second-order valence-electron chi connectivity index (χ2n) is 6.66. The fourth-order valence-electron chi connectivity index (χ4n) is 3.10. The molecule has 1 fully saturated rings. The molecule has 0 saturated carbocycles. The van der Waals surface area contributed by atoms with Gasteiger partial charge in [0.2, 0.25) is 0 Å². The van der Waals surface area contributed by atoms with Gasteiger partial charge in [-0.2, -0.15) is 0 Å². The van der Waals surface area contributed by atoms with Crippen molar-refractivity contribution in [1.29, 1.82) is 0 Å². The van der Waals surface area contributed by atoms with Crippen molar-refractivity contribution < 1.29 is 27.9 Å². The summed E-state index contributed by atoms with van der Waals surface area (Å²) in [5.41, 5.74) is 0.527. The monoisotopic (exact) mass is 383 g/mol. The maximum absolute atomic E-state index is 12.6. The third-order valence-corrected chi connectivity index (χ3v) is 6.49. The minimum Gasteiger partial charge on any atom is -0.507 e. The lowest BCUT2D eigenvalue weighted by atomic mass is 10.1. The molecule has 7 nitrogen and oxygen atoms in total. The van der Waals surface area contributed by atoms with Gasteiger partial charge < -0.3 is 14.7 Å². The Kier molecular flexibility index (Phi) is 6.28. The van der Waals surface area contributed by atoms with E-state index in [0.29, 0.717) is 18.4 Å². The van der Waals surface area contributed by atoms with Gasteiger partial charge in [0.1, 0.15) is 11.3 Å². The average Bonchev–Trinajstić information content (AvgIpc) is 2.94. The average molecular weight is 383 g/mol. The first kappa shape index (κ1) is 20.2. The highest BCUT2D eigenvalue weighted by molar-refractivity contribution is 7.91. The Labute approximate surface area is 153 Å². The van der Waals surface area contributed by atoms with Crippen molar-refractivity contribution >= 4 is 21.7 Å². The molecule has 2 atom stereocenters. The summed E-state index contributed by atoms with van der Waals surface area (Å²) in [6, 6.07) is 4.14. The van der Waals surface area contributed by atoms with Gasteiger partial charge in [-0.1, -0.05) is 19.1 Å². The Balaban J connectivity index is 2.07. The number of hydrogen-bond acceptors (Lipinski definition) is 6. The van der Waals surface area contributed by atoms with Crippen molar-refractivity contribution in [2.45, 2.75) is 45.7 Å². The molecule has 1 aromatic rings. The van der Waals surface area contributed by atoms with Gasteiger partial charge in [0.05, 0.1) is 11.5 Å². The van der Waals surface area contributed by atoms with E-state index in [-0.39, 0.29) is 28.9 Å². The van der Waals surface area contributed by atoms with Gasteiger partial charge in [0.15, 0.2) is 16.4 Å². The normalized spacial score (nSPS) is 19.7. The molecule has 1 N–H and O–H groups in total. The van der Waals surface area contributed by atoms with Gasteiger partial charge in [-0.25, -0.2) is 13.2 Å². The highest BCUT2D eigenvalue weighted by Gasteiger charge is 2.36. The van der Waals surface area contributed by atoms with Crippen molar-refractivity contribution in [1.82, 2.24) is 4.90 Å². The molecule has 0 unspecified atom stereocenters. The summed E-state index contributed by atoms with van der Waals surface area (Å²) in [7, 11) is -3.14. The Hall–Kier alpha value is -2.09. The molecular formula is C18H25NO6S. The number of carbonyl (C=O) groups is 2. The summed E-state index contributed by atoms with van der Waals surface area (Å²) in [6.45, 7) is 4.91. The number of rotatable bonds is 6. The molecule has 0 aliphatic carbocycles. The number of carbonyl (C=O) groups excluding carboxylic acids is 2. The maximum Gasteiger partial charge on any atom is 0.342 e. The smallest absolute Gasteiger partial charge is 0.342 e. The van der Waals surface area contributed by atoms with E-state index in [1.165, 1.54) is 11.0 Å². The number of hydrogen-bond donors (Lipinski definition) is 1. The van der Waals surface area contributed by atoms with E-state index >= 15 is 0 Å². The minimum absolute atomic E-state index is 0.00339. The molecular weight excluding hydrogens is 358 g/mol. The molecule has 0 spiro atoms. The molecule has 1 heterocycles. The Bertz CT molecular complexity index is 789. The van der Waals surface area contributed by atoms with E-state index in [2.05, 4.69) is 0 Å². The third-order valence-electron chi connectivity index (χ3n) is 4.74. The number of nitrogens with zero attached hydrogens (tertiary/aromatic N) is 1. The van der Waals surface area contributed by atoms with Crippen LogP contribution in [0.5, 0.6) is 5.75 Å². The molecule has 1 amide bonds. The fraction of sp³-hybridized carbons (Fsp3) is 0.556. The van der Waals surface area contributed by atoms with Crippen LogP contribution >= 0.6 is 0 Å². The minimum atomic E-state index is -3.14. The SMILES string of the molecule is CC[C@H](C)N(C(=O)COC(=O)c1cccc(C)c1O)[C@H]1CCS(=O)(=O)C1. The van der Waals surface area contributed by atoms with Gasteiger partial charge in [0.25, 0.3) is 5.91 Å². The van der Waals surface area contributed by atoms with E-state index in [0.717, 1.165) is 0 Å². The van der Waals surface area contributed by atoms with E-state index in [1.54, 1.807) is 19.1 Å². The molecule has 144 valence electrons. The van der Waals surface area contributed by atoms with Gasteiger partial charge in [0, 0.05) is 12.1 Å². The van der Waals surface area contributed by atoms with Gasteiger partial charge in [-0.3, -0.25) is 4.79 Å². The zero-order valence-corrected chi connectivity index (χ0v) is 16.1. The number of ether oxygens (including phenoxy) is 1. The maximum atomic E-state index is 12.6. The number of aromatic hydroxyl groups is 1. The molecule has 0 aromatic heterocycles. The van der Waals surface area contributed by atoms with Crippen molar-refractivity contribution in [3.63, 3.8) is 0 Å². The lowest BCUT2D eigenvalue weighted by Gasteiger charge is -2.33. The summed E-state index contributed by atoms with van der Waals surface area (Å²) in [5.74, 6) is -1.39. The number of phenolic OH excluding ortho intramolecular Hbond substituents is 1. The number of phenols is 1. The second-order valence-corrected chi connectivity index (χ2v) is 8.89. The number of benzene rings is 1. The van der Waals surface area contributed by atoms with Crippen molar-refractivity contribution in [3.05, 3.63) is 29.3 Å². The summed E-state index contributed by atoms with van der Waals surface area (Å²) in [4.78, 5) is 26.3. The molecule has 1 aromatic carbocycles. The zero-order valence-electron chi connectivity index (χ0n) is 15.3. The van der Waals surface area contributed by atoms with Gasteiger partial charge in [-0.15, -0.1) is 0 Å². The standard InChI is InChI=1S/C18H25NO6S/c1-4-13(3)19(14-8-9-26(23,24)11-14)16(20)10-25-18(22)15-7-5-6-12(2)17(15)21/h5-7,13-14,21H,4,8-11H2,1-3H3/t13-,14-/m0/s1. The molecule has 0 radical (unpaired) electrons. The van der Waals surface area contributed by atoms with Crippen LogP contribution < -0.4 is 0 Å². The summed E-state index contributed by atoms with van der Waals surface area (Å²) in [5, 5.41) is 9.94. The lowest BCUT2D eigenvalue weighted by molar-refractivity contribution is -0.138. The van der Waals surface area contributed by atoms with Crippen LogP contribution in [0, 0.1) is 6.92 Å². The summed E-state index contributed by atoms with van der Waals surface area (Å²) in [6.07, 6.45) is 1.06. The van der Waals surface area contributed by atoms with E-state index in [4.69, 9.17) is 4.74 Å². The molecule has 26 heavy (non-hydrogen) atoms. The van der Waals surface area contributed by atoms with Crippen LogP contribution in [-0.4, -0.2) is 60.5 Å². The van der Waals surface area contributed by atoms with E-state index < -0.39 is 34.4 Å². The van der Waals surface area contributed by atoms with Crippen LogP contribution in [0.2, 0.25) is 0 Å². The zero-order chi connectivity index (χ0) is 19.5. The molecule has 1 aliphatic rings. The first-order valence-corrected chi connectivity index (χ1v) is 10.5. The summed E-state index contributed by atoms with van der Waals surface area (Å²) < 4.78 is 28.6. The van der Waals surface area contributed by atoms with Crippen LogP contribution in [-0.2, 0) is 19.4 Å². The fourth-order valence-corrected chi connectivity index (χ4v) is 4.82. The molecule has 0 bridgehead atoms. The van der Waals surface area contributed by atoms with E-state index in [9.17, 15) is 23.1 Å².